The molecule has 0 radical (unpaired) electrons. The van der Waals surface area contributed by atoms with Crippen LogP contribution in [0.25, 0.3) is 22.0 Å². The van der Waals surface area contributed by atoms with E-state index in [4.69, 9.17) is 9.47 Å². The summed E-state index contributed by atoms with van der Waals surface area (Å²) in [5.74, 6) is -0.762. The van der Waals surface area contributed by atoms with Crippen LogP contribution in [0.1, 0.15) is 41.9 Å². The Kier molecular flexibility index (Phi) is 5.44. The van der Waals surface area contributed by atoms with E-state index >= 15 is 0 Å². The molecule has 1 fully saturated rings. The van der Waals surface area contributed by atoms with Crippen molar-refractivity contribution >= 4 is 16.9 Å². The second-order valence-corrected chi connectivity index (χ2v) is 8.60. The van der Waals surface area contributed by atoms with Gasteiger partial charge < -0.3 is 18.6 Å². The van der Waals surface area contributed by atoms with Crippen LogP contribution in [-0.2, 0) is 17.8 Å². The lowest BCUT2D eigenvalue weighted by Gasteiger charge is -2.24. The van der Waals surface area contributed by atoms with Gasteiger partial charge in [-0.15, -0.1) is 0 Å². The van der Waals surface area contributed by atoms with Gasteiger partial charge in [-0.1, -0.05) is 0 Å². The lowest BCUT2D eigenvalue weighted by atomic mass is 10.0. The molecular formula is C24H25F2N3O4. The number of halogens is 2. The van der Waals surface area contributed by atoms with Gasteiger partial charge in [-0.3, -0.25) is 9.69 Å². The zero-order valence-electron chi connectivity index (χ0n) is 18.5. The molecule has 0 amide bonds. The van der Waals surface area contributed by atoms with E-state index in [1.165, 1.54) is 6.20 Å². The number of carbonyl (C=O) groups is 1. The molecule has 0 atom stereocenters. The Hall–Kier alpha value is -3.20. The quantitative estimate of drug-likeness (QED) is 0.523. The van der Waals surface area contributed by atoms with Gasteiger partial charge in [0.1, 0.15) is 5.56 Å². The molecule has 0 unspecified atom stereocenters. The highest BCUT2D eigenvalue weighted by molar-refractivity contribution is 5.98. The average molecular weight is 457 g/mol. The van der Waals surface area contributed by atoms with Crippen molar-refractivity contribution in [1.82, 2.24) is 14.0 Å². The highest BCUT2D eigenvalue weighted by atomic mass is 19.3. The van der Waals surface area contributed by atoms with E-state index in [2.05, 4.69) is 9.47 Å². The fraction of sp³-hybridized carbons (Fsp3) is 0.417. The van der Waals surface area contributed by atoms with Crippen LogP contribution in [0, 0.1) is 0 Å². The van der Waals surface area contributed by atoms with E-state index < -0.39 is 18.0 Å². The van der Waals surface area contributed by atoms with Crippen molar-refractivity contribution in [3.63, 3.8) is 0 Å². The lowest BCUT2D eigenvalue weighted by Crippen LogP contribution is -2.29. The van der Waals surface area contributed by atoms with E-state index in [1.54, 1.807) is 23.6 Å². The summed E-state index contributed by atoms with van der Waals surface area (Å²) in [5, 5.41) is 0.163. The summed E-state index contributed by atoms with van der Waals surface area (Å²) in [7, 11) is 2.03. The van der Waals surface area contributed by atoms with Crippen molar-refractivity contribution in [3.05, 3.63) is 52.1 Å². The van der Waals surface area contributed by atoms with Gasteiger partial charge in [0, 0.05) is 54.9 Å². The predicted molar refractivity (Wildman–Crippen MR) is 119 cm³/mol. The van der Waals surface area contributed by atoms with Crippen molar-refractivity contribution in [2.75, 3.05) is 20.2 Å². The Morgan fingerprint density at radius 1 is 1.21 bits per heavy atom. The number of alkyl halides is 2. The van der Waals surface area contributed by atoms with Crippen LogP contribution in [0.15, 0.2) is 35.4 Å². The van der Waals surface area contributed by atoms with Crippen molar-refractivity contribution in [2.24, 2.45) is 0 Å². The minimum absolute atomic E-state index is 0.00689. The average Bonchev–Trinajstić information content (AvgIpc) is 3.53. The second kappa shape index (κ2) is 8.30. The molecule has 1 aromatic carbocycles. The SMILES string of the molecule is CCOC(=O)c1cn(C2CC2)c2c(OC(F)F)c(-c3cc4n(c3)CCN(C)C4)ccc2c1=O. The third kappa shape index (κ3) is 3.90. The highest BCUT2D eigenvalue weighted by Gasteiger charge is 2.30. The molecule has 5 rings (SSSR count). The first kappa shape index (κ1) is 21.6. The second-order valence-electron chi connectivity index (χ2n) is 8.60. The van der Waals surface area contributed by atoms with Gasteiger partial charge in [0.05, 0.1) is 17.5 Å². The molecule has 33 heavy (non-hydrogen) atoms. The summed E-state index contributed by atoms with van der Waals surface area (Å²) in [5.41, 5.74) is 1.96. The first-order chi connectivity index (χ1) is 15.9. The smallest absolute Gasteiger partial charge is 0.387 e. The van der Waals surface area contributed by atoms with Crippen LogP contribution >= 0.6 is 0 Å². The lowest BCUT2D eigenvalue weighted by molar-refractivity contribution is -0.0486. The number of nitrogens with zero attached hydrogens (tertiary/aromatic N) is 3. The van der Waals surface area contributed by atoms with Crippen LogP contribution in [0.5, 0.6) is 5.75 Å². The topological polar surface area (TPSA) is 65.7 Å². The molecule has 7 nitrogen and oxygen atoms in total. The summed E-state index contributed by atoms with van der Waals surface area (Å²) >= 11 is 0. The Balaban J connectivity index is 1.75. The molecule has 3 heterocycles. The Morgan fingerprint density at radius 2 is 2.00 bits per heavy atom. The number of hydrogen-bond donors (Lipinski definition) is 0. The molecule has 3 aromatic rings. The summed E-state index contributed by atoms with van der Waals surface area (Å²) in [4.78, 5) is 27.7. The van der Waals surface area contributed by atoms with E-state index in [0.717, 1.165) is 43.7 Å². The minimum Gasteiger partial charge on any atom is -0.462 e. The standard InChI is InChI=1S/C24H25F2N3O4/c1-3-32-23(31)19-13-29(15-4-5-15)20-18(21(19)30)7-6-17(22(20)33-24(25)26)14-10-16-12-27(2)8-9-28(16)11-14/h6-7,10-11,13,15,24H,3-5,8-9,12H2,1-2H3. The normalized spacial score (nSPS) is 16.3. The maximum absolute atomic E-state index is 13.6. The highest BCUT2D eigenvalue weighted by Crippen LogP contribution is 2.43. The van der Waals surface area contributed by atoms with Crippen LogP contribution in [0.4, 0.5) is 8.78 Å². The van der Waals surface area contributed by atoms with Gasteiger partial charge in [-0.05, 0) is 45.0 Å². The number of likely N-dealkylation sites (N-methyl/N-ethyl adjacent to an activating group) is 1. The zero-order valence-corrected chi connectivity index (χ0v) is 18.5. The molecule has 2 aromatic heterocycles. The van der Waals surface area contributed by atoms with Gasteiger partial charge in [0.25, 0.3) is 0 Å². The fourth-order valence-electron chi connectivity index (χ4n) is 4.53. The number of ether oxygens (including phenoxy) is 2. The maximum Gasteiger partial charge on any atom is 0.387 e. The van der Waals surface area contributed by atoms with Crippen LogP contribution in [-0.4, -0.2) is 46.8 Å². The Bertz CT molecular complexity index is 1290. The molecular weight excluding hydrogens is 432 g/mol. The number of pyridine rings is 1. The third-order valence-corrected chi connectivity index (χ3v) is 6.24. The van der Waals surface area contributed by atoms with Crippen molar-refractivity contribution in [3.8, 4) is 16.9 Å². The van der Waals surface area contributed by atoms with Crippen LogP contribution in [0.2, 0.25) is 0 Å². The van der Waals surface area contributed by atoms with Gasteiger partial charge in [-0.25, -0.2) is 4.79 Å². The summed E-state index contributed by atoms with van der Waals surface area (Å²) in [6.07, 6.45) is 5.02. The van der Waals surface area contributed by atoms with Gasteiger partial charge in [0.2, 0.25) is 5.43 Å². The van der Waals surface area contributed by atoms with Gasteiger partial charge in [0.15, 0.2) is 5.75 Å². The van der Waals surface area contributed by atoms with Crippen LogP contribution in [0.3, 0.4) is 0 Å². The van der Waals surface area contributed by atoms with E-state index in [9.17, 15) is 18.4 Å². The predicted octanol–water partition coefficient (Wildman–Crippen LogP) is 4.03. The largest absolute Gasteiger partial charge is 0.462 e. The Morgan fingerprint density at radius 3 is 2.70 bits per heavy atom. The van der Waals surface area contributed by atoms with Gasteiger partial charge in [-0.2, -0.15) is 8.78 Å². The number of hydrogen-bond acceptors (Lipinski definition) is 5. The molecule has 0 saturated heterocycles. The first-order valence-corrected chi connectivity index (χ1v) is 11.1. The van der Waals surface area contributed by atoms with E-state index in [1.807, 2.05) is 19.3 Å². The minimum atomic E-state index is -3.06. The summed E-state index contributed by atoms with van der Waals surface area (Å²) in [6.45, 7) is 1.19. The molecule has 0 spiro atoms. The van der Waals surface area contributed by atoms with Crippen LogP contribution < -0.4 is 10.2 Å². The Labute approximate surface area is 189 Å². The molecule has 1 aliphatic carbocycles. The number of aromatic nitrogens is 2. The number of carbonyl (C=O) groups excluding carboxylic acids is 1. The third-order valence-electron chi connectivity index (χ3n) is 6.24. The number of fused-ring (bicyclic) bond motifs is 2. The summed E-state index contributed by atoms with van der Waals surface area (Å²) < 4.78 is 41.1. The molecule has 2 aliphatic rings. The number of benzene rings is 1. The molecule has 0 bridgehead atoms. The molecule has 9 heteroatoms. The first-order valence-electron chi connectivity index (χ1n) is 11.1. The van der Waals surface area contributed by atoms with Crippen molar-refractivity contribution < 1.29 is 23.0 Å². The van der Waals surface area contributed by atoms with Crippen molar-refractivity contribution in [1.29, 1.82) is 0 Å². The van der Waals surface area contributed by atoms with Gasteiger partial charge >= 0.3 is 12.6 Å². The zero-order chi connectivity index (χ0) is 23.3. The maximum atomic E-state index is 13.6. The van der Waals surface area contributed by atoms with Crippen molar-refractivity contribution in [2.45, 2.75) is 45.5 Å². The number of rotatable bonds is 6. The summed E-state index contributed by atoms with van der Waals surface area (Å²) in [6, 6.07) is 5.20. The number of esters is 1. The molecule has 0 N–H and O–H groups in total. The van der Waals surface area contributed by atoms with E-state index in [0.29, 0.717) is 5.56 Å². The molecule has 174 valence electrons. The molecule has 1 aliphatic heterocycles. The van der Waals surface area contributed by atoms with E-state index in [-0.39, 0.29) is 34.9 Å². The fourth-order valence-corrected chi connectivity index (χ4v) is 4.53. The molecule has 1 saturated carbocycles. The monoisotopic (exact) mass is 457 g/mol.